The van der Waals surface area contributed by atoms with Gasteiger partial charge in [-0.2, -0.15) is 4.98 Å². The summed E-state index contributed by atoms with van der Waals surface area (Å²) in [6.45, 7) is 10.1. The molecule has 1 aromatic rings. The fraction of sp³-hybridized carbons (Fsp3) is 0.786. The molecule has 214 valence electrons. The van der Waals surface area contributed by atoms with Crippen LogP contribution in [0.5, 0.6) is 0 Å². The number of fused-ring (bicyclic) bond motifs is 1. The summed E-state index contributed by atoms with van der Waals surface area (Å²) in [7, 11) is 0. The van der Waals surface area contributed by atoms with Crippen LogP contribution in [0.25, 0.3) is 0 Å². The summed E-state index contributed by atoms with van der Waals surface area (Å²) in [5.74, 6) is -1.79. The highest BCUT2D eigenvalue weighted by molar-refractivity contribution is 6.11. The zero-order chi connectivity index (χ0) is 27.8. The van der Waals surface area contributed by atoms with E-state index in [4.69, 9.17) is 14.2 Å². The van der Waals surface area contributed by atoms with Crippen molar-refractivity contribution in [2.45, 2.75) is 96.5 Å². The molecule has 4 aliphatic rings. The van der Waals surface area contributed by atoms with Crippen molar-refractivity contribution < 1.29 is 28.6 Å². The van der Waals surface area contributed by atoms with Gasteiger partial charge in [-0.3, -0.25) is 9.59 Å². The molecule has 11 nitrogen and oxygen atoms in total. The lowest BCUT2D eigenvalue weighted by atomic mass is 9.57. The second-order valence-electron chi connectivity index (χ2n) is 12.3. The van der Waals surface area contributed by atoms with Crippen molar-refractivity contribution in [3.05, 3.63) is 12.2 Å². The van der Waals surface area contributed by atoms with Crippen LogP contribution in [0.4, 0.5) is 10.7 Å². The van der Waals surface area contributed by atoms with Gasteiger partial charge >= 0.3 is 6.09 Å². The lowest BCUT2D eigenvalue weighted by molar-refractivity contribution is -0.255. The topological polar surface area (TPSA) is 124 Å². The van der Waals surface area contributed by atoms with Gasteiger partial charge in [-0.05, 0) is 59.8 Å². The number of Topliss-reactive ketones (excluding diaryl/α,β-unsaturated/α-hetero) is 2. The summed E-state index contributed by atoms with van der Waals surface area (Å²) >= 11 is 0. The third-order valence-electron chi connectivity index (χ3n) is 8.58. The first-order valence-corrected chi connectivity index (χ1v) is 14.4. The highest BCUT2D eigenvalue weighted by Crippen LogP contribution is 2.56. The van der Waals surface area contributed by atoms with E-state index in [1.54, 1.807) is 4.90 Å². The molecule has 2 aliphatic carbocycles. The molecule has 2 aliphatic heterocycles. The van der Waals surface area contributed by atoms with E-state index in [-0.39, 0.29) is 29.5 Å². The second-order valence-corrected chi connectivity index (χ2v) is 12.3. The summed E-state index contributed by atoms with van der Waals surface area (Å²) < 4.78 is 17.8. The zero-order valence-corrected chi connectivity index (χ0v) is 23.6. The lowest BCUT2D eigenvalue weighted by Crippen LogP contribution is -2.60. The van der Waals surface area contributed by atoms with Crippen LogP contribution in [-0.2, 0) is 19.0 Å². The van der Waals surface area contributed by atoms with Crippen molar-refractivity contribution in [3.63, 3.8) is 0 Å². The molecular weight excluding hydrogens is 502 g/mol. The molecule has 3 atom stereocenters. The van der Waals surface area contributed by atoms with E-state index in [1.165, 1.54) is 6.33 Å². The highest BCUT2D eigenvalue weighted by atomic mass is 16.7. The minimum Gasteiger partial charge on any atom is -0.444 e. The predicted molar refractivity (Wildman–Crippen MR) is 141 cm³/mol. The van der Waals surface area contributed by atoms with Crippen molar-refractivity contribution in [2.75, 3.05) is 37.7 Å². The molecule has 39 heavy (non-hydrogen) atoms. The molecule has 2 saturated heterocycles. The van der Waals surface area contributed by atoms with Gasteiger partial charge < -0.3 is 24.0 Å². The van der Waals surface area contributed by atoms with Crippen LogP contribution in [-0.4, -0.2) is 87.8 Å². The summed E-state index contributed by atoms with van der Waals surface area (Å²) in [5, 5.41) is 0. The van der Waals surface area contributed by atoms with Crippen LogP contribution >= 0.6 is 0 Å². The standard InChI is InChI=1S/C28H41N5O6/c1-19-17-32(25(36)39-26(2,3)4)13-8-14-33(19)24-30-18-29-23(31-24)21(34)20-9-7-11-27(22(20)35)10-5-6-12-28(27)37-15-16-38-28/h18-20H,5-17H2,1-4H3/t19-,20?,27-/m0/s1. The SMILES string of the molecule is C[C@H]1CN(C(=O)OC(C)(C)C)CCCN1c1ncnc(C(=O)C2CCC[C@@]3(CCCCC34OCCO4)C2=O)n1. The molecule has 2 spiro atoms. The molecule has 0 radical (unpaired) electrons. The van der Waals surface area contributed by atoms with Crippen LogP contribution in [0.2, 0.25) is 0 Å². The molecule has 3 heterocycles. The van der Waals surface area contributed by atoms with E-state index < -0.39 is 22.7 Å². The molecule has 0 bridgehead atoms. The Morgan fingerprint density at radius 3 is 2.49 bits per heavy atom. The van der Waals surface area contributed by atoms with E-state index in [0.717, 1.165) is 19.3 Å². The zero-order valence-electron chi connectivity index (χ0n) is 23.6. The molecule has 1 amide bonds. The number of carbonyl (C=O) groups excluding carboxylic acids is 3. The Kier molecular flexibility index (Phi) is 7.67. The number of hydrogen-bond donors (Lipinski definition) is 0. The molecule has 1 unspecified atom stereocenters. The number of carbonyl (C=O) groups is 3. The fourth-order valence-corrected chi connectivity index (χ4v) is 6.81. The number of nitrogens with zero attached hydrogens (tertiary/aromatic N) is 5. The molecule has 5 rings (SSSR count). The Morgan fingerprint density at radius 1 is 1.03 bits per heavy atom. The number of rotatable bonds is 3. The molecule has 2 saturated carbocycles. The van der Waals surface area contributed by atoms with Gasteiger partial charge in [-0.1, -0.05) is 12.8 Å². The number of anilines is 1. The quantitative estimate of drug-likeness (QED) is 0.413. The molecular formula is C28H41N5O6. The van der Waals surface area contributed by atoms with Crippen molar-refractivity contribution in [1.82, 2.24) is 19.9 Å². The fourth-order valence-electron chi connectivity index (χ4n) is 6.81. The van der Waals surface area contributed by atoms with Crippen LogP contribution in [0, 0.1) is 11.3 Å². The van der Waals surface area contributed by atoms with Gasteiger partial charge in [0.05, 0.1) is 24.5 Å². The average molecular weight is 544 g/mol. The van der Waals surface area contributed by atoms with E-state index in [0.29, 0.717) is 70.9 Å². The van der Waals surface area contributed by atoms with Gasteiger partial charge in [0.15, 0.2) is 11.6 Å². The highest BCUT2D eigenvalue weighted by Gasteiger charge is 2.63. The van der Waals surface area contributed by atoms with Gasteiger partial charge in [0.2, 0.25) is 17.6 Å². The van der Waals surface area contributed by atoms with Crippen molar-refractivity contribution in [2.24, 2.45) is 11.3 Å². The first-order valence-electron chi connectivity index (χ1n) is 14.4. The van der Waals surface area contributed by atoms with Crippen LogP contribution in [0.3, 0.4) is 0 Å². The largest absolute Gasteiger partial charge is 0.444 e. The van der Waals surface area contributed by atoms with Gasteiger partial charge in [0.1, 0.15) is 11.9 Å². The third kappa shape index (κ3) is 5.27. The van der Waals surface area contributed by atoms with Crippen LogP contribution in [0.15, 0.2) is 6.33 Å². The Balaban J connectivity index is 1.33. The smallest absolute Gasteiger partial charge is 0.410 e. The van der Waals surface area contributed by atoms with E-state index in [1.807, 2.05) is 32.6 Å². The molecule has 4 fully saturated rings. The number of amides is 1. The van der Waals surface area contributed by atoms with Gasteiger partial charge in [-0.25, -0.2) is 14.8 Å². The average Bonchev–Trinajstić information content (AvgIpc) is 3.28. The van der Waals surface area contributed by atoms with Crippen molar-refractivity contribution >= 4 is 23.6 Å². The minimum atomic E-state index is -0.910. The molecule has 0 aromatic carbocycles. The number of hydrogen-bond acceptors (Lipinski definition) is 10. The van der Waals surface area contributed by atoms with Crippen LogP contribution < -0.4 is 4.90 Å². The van der Waals surface area contributed by atoms with Crippen LogP contribution in [0.1, 0.15) is 89.7 Å². The van der Waals surface area contributed by atoms with Gasteiger partial charge in [0, 0.05) is 32.1 Å². The van der Waals surface area contributed by atoms with E-state index >= 15 is 0 Å². The molecule has 11 heteroatoms. The summed E-state index contributed by atoms with van der Waals surface area (Å²) in [4.78, 5) is 57.3. The maximum atomic E-state index is 14.0. The first kappa shape index (κ1) is 27.9. The lowest BCUT2D eigenvalue weighted by Gasteiger charge is -2.51. The number of ketones is 2. The summed E-state index contributed by atoms with van der Waals surface area (Å²) in [6, 6.07) is -0.108. The summed E-state index contributed by atoms with van der Waals surface area (Å²) in [5.41, 5.74) is -1.36. The third-order valence-corrected chi connectivity index (χ3v) is 8.58. The summed E-state index contributed by atoms with van der Waals surface area (Å²) in [6.07, 6.45) is 6.83. The van der Waals surface area contributed by atoms with Crippen molar-refractivity contribution in [3.8, 4) is 0 Å². The minimum absolute atomic E-state index is 0.00830. The number of aromatic nitrogens is 3. The normalized spacial score (nSPS) is 29.5. The molecule has 1 aromatic heterocycles. The Morgan fingerprint density at radius 2 is 1.74 bits per heavy atom. The Hall–Kier alpha value is -2.66. The van der Waals surface area contributed by atoms with E-state index in [9.17, 15) is 14.4 Å². The van der Waals surface area contributed by atoms with Gasteiger partial charge in [-0.15, -0.1) is 0 Å². The maximum absolute atomic E-state index is 14.0. The van der Waals surface area contributed by atoms with E-state index in [2.05, 4.69) is 15.0 Å². The molecule has 0 N–H and O–H groups in total. The van der Waals surface area contributed by atoms with Crippen molar-refractivity contribution in [1.29, 1.82) is 0 Å². The monoisotopic (exact) mass is 543 g/mol. The second kappa shape index (κ2) is 10.7. The Bertz CT molecular complexity index is 1100. The first-order chi connectivity index (χ1) is 18.6. The number of ether oxygens (including phenoxy) is 3. The predicted octanol–water partition coefficient (Wildman–Crippen LogP) is 3.56. The maximum Gasteiger partial charge on any atom is 0.410 e. The Labute approximate surface area is 230 Å². The van der Waals surface area contributed by atoms with Gasteiger partial charge in [0.25, 0.3) is 0 Å².